The summed E-state index contributed by atoms with van der Waals surface area (Å²) in [5.41, 5.74) is 0. The molecule has 0 amide bonds. The fraction of sp³-hybridized carbons (Fsp3) is 0.571. The number of aryl methyl sites for hydroxylation is 1. The number of aromatic nitrogens is 4. The summed E-state index contributed by atoms with van der Waals surface area (Å²) >= 11 is 4.26. The van der Waals surface area contributed by atoms with Crippen molar-refractivity contribution in [1.82, 2.24) is 14.1 Å². The number of thiol groups is 1. The van der Waals surface area contributed by atoms with Crippen molar-refractivity contribution in [2.24, 2.45) is 0 Å². The summed E-state index contributed by atoms with van der Waals surface area (Å²) in [6, 6.07) is 0.992. The van der Waals surface area contributed by atoms with Crippen LogP contribution in [0.1, 0.15) is 38.8 Å². The highest BCUT2D eigenvalue weighted by atomic mass is 32.1. The Kier molecular flexibility index (Phi) is 5.07. The summed E-state index contributed by atoms with van der Waals surface area (Å²) in [6.07, 6.45) is 14.5. The predicted molar refractivity (Wildman–Crippen MR) is 79.4 cm³/mol. The van der Waals surface area contributed by atoms with Gasteiger partial charge in [-0.2, -0.15) is 12.6 Å². The van der Waals surface area contributed by atoms with Gasteiger partial charge in [-0.25, -0.2) is 14.1 Å². The van der Waals surface area contributed by atoms with E-state index in [-0.39, 0.29) is 0 Å². The summed E-state index contributed by atoms with van der Waals surface area (Å²) in [5.74, 6) is 0.871. The summed E-state index contributed by atoms with van der Waals surface area (Å²) in [5, 5.41) is 0. The van der Waals surface area contributed by atoms with Crippen molar-refractivity contribution in [3.63, 3.8) is 0 Å². The van der Waals surface area contributed by atoms with E-state index in [0.717, 1.165) is 25.1 Å². The first-order valence-corrected chi connectivity index (χ1v) is 7.52. The van der Waals surface area contributed by atoms with E-state index < -0.39 is 0 Å². The van der Waals surface area contributed by atoms with Gasteiger partial charge in [-0.15, -0.1) is 0 Å². The van der Waals surface area contributed by atoms with Crippen LogP contribution in [0.15, 0.2) is 37.4 Å². The van der Waals surface area contributed by atoms with Crippen molar-refractivity contribution >= 4 is 12.6 Å². The first-order valence-electron chi connectivity index (χ1n) is 6.89. The molecule has 2 heterocycles. The maximum Gasteiger partial charge on any atom is 0.243 e. The first-order chi connectivity index (χ1) is 9.24. The van der Waals surface area contributed by atoms with Gasteiger partial charge in [-0.3, -0.25) is 0 Å². The highest BCUT2D eigenvalue weighted by Crippen LogP contribution is 2.23. The Hall–Kier alpha value is -1.23. The number of imidazole rings is 2. The molecule has 0 bridgehead atoms. The van der Waals surface area contributed by atoms with E-state index >= 15 is 0 Å². The van der Waals surface area contributed by atoms with Crippen molar-refractivity contribution in [3.05, 3.63) is 37.4 Å². The van der Waals surface area contributed by atoms with Crippen LogP contribution in [0.5, 0.6) is 0 Å². The number of hydrogen-bond donors (Lipinski definition) is 1. The molecule has 0 saturated carbocycles. The van der Waals surface area contributed by atoms with Gasteiger partial charge in [-0.1, -0.05) is 6.92 Å². The Morgan fingerprint density at radius 3 is 2.79 bits per heavy atom. The number of hydrogen-bond acceptors (Lipinski definition) is 2. The third kappa shape index (κ3) is 3.62. The van der Waals surface area contributed by atoms with Crippen LogP contribution in [-0.4, -0.2) is 19.9 Å². The molecule has 104 valence electrons. The minimum Gasteiger partial charge on any atom is -0.334 e. The third-order valence-electron chi connectivity index (χ3n) is 3.61. The van der Waals surface area contributed by atoms with Gasteiger partial charge in [0.15, 0.2) is 0 Å². The molecule has 0 N–H and O–H groups in total. The minimum atomic E-state index is 0.480. The lowest BCUT2D eigenvalue weighted by Gasteiger charge is -2.19. The zero-order valence-electron chi connectivity index (χ0n) is 11.7. The molecule has 0 aliphatic heterocycles. The average Bonchev–Trinajstić information content (AvgIpc) is 3.07. The van der Waals surface area contributed by atoms with Crippen molar-refractivity contribution in [2.75, 3.05) is 5.75 Å². The highest BCUT2D eigenvalue weighted by molar-refractivity contribution is 7.80. The molecule has 0 saturated heterocycles. The van der Waals surface area contributed by atoms with Gasteiger partial charge >= 0.3 is 0 Å². The topological polar surface area (TPSA) is 26.6 Å². The van der Waals surface area contributed by atoms with Crippen LogP contribution in [0.3, 0.4) is 0 Å². The van der Waals surface area contributed by atoms with Crippen LogP contribution >= 0.6 is 12.6 Å². The van der Waals surface area contributed by atoms with E-state index in [4.69, 9.17) is 0 Å². The maximum atomic E-state index is 4.26. The first kappa shape index (κ1) is 14.2. The van der Waals surface area contributed by atoms with Crippen molar-refractivity contribution < 1.29 is 4.57 Å². The predicted octanol–water partition coefficient (Wildman–Crippen LogP) is 2.50. The zero-order valence-corrected chi connectivity index (χ0v) is 12.6. The van der Waals surface area contributed by atoms with Gasteiger partial charge in [-0.05, 0) is 13.3 Å². The lowest BCUT2D eigenvalue weighted by atomic mass is 10.1. The van der Waals surface area contributed by atoms with Crippen LogP contribution in [0.2, 0.25) is 0 Å². The van der Waals surface area contributed by atoms with Crippen LogP contribution in [0.25, 0.3) is 0 Å². The molecule has 0 radical (unpaired) electrons. The van der Waals surface area contributed by atoms with E-state index in [1.807, 2.05) is 12.5 Å². The SMILES string of the molecule is CCC(CC(C)n1cc[n+](CCS)c1)n1ccnc1. The summed E-state index contributed by atoms with van der Waals surface area (Å²) in [7, 11) is 0. The minimum absolute atomic E-state index is 0.480. The fourth-order valence-electron chi connectivity index (χ4n) is 2.42. The van der Waals surface area contributed by atoms with Gasteiger partial charge in [0.2, 0.25) is 6.33 Å². The molecule has 2 atom stereocenters. The fourth-order valence-corrected chi connectivity index (χ4v) is 2.65. The Morgan fingerprint density at radius 2 is 2.16 bits per heavy atom. The van der Waals surface area contributed by atoms with Gasteiger partial charge in [0, 0.05) is 30.6 Å². The average molecular weight is 279 g/mol. The number of rotatable bonds is 7. The number of nitrogens with zero attached hydrogens (tertiary/aromatic N) is 4. The normalized spacial score (nSPS) is 14.5. The monoisotopic (exact) mass is 279 g/mol. The van der Waals surface area contributed by atoms with E-state index in [0.29, 0.717) is 12.1 Å². The van der Waals surface area contributed by atoms with Gasteiger partial charge in [0.05, 0.1) is 18.9 Å². The largest absolute Gasteiger partial charge is 0.334 e. The Bertz CT molecular complexity index is 477. The summed E-state index contributed by atoms with van der Waals surface area (Å²) < 4.78 is 6.67. The molecule has 0 aliphatic carbocycles. The lowest BCUT2D eigenvalue weighted by Crippen LogP contribution is -2.32. The van der Waals surface area contributed by atoms with Gasteiger partial charge in [0.25, 0.3) is 0 Å². The molecule has 0 aromatic carbocycles. The molecule has 0 spiro atoms. The van der Waals surface area contributed by atoms with E-state index in [1.54, 1.807) is 0 Å². The van der Waals surface area contributed by atoms with Crippen LogP contribution in [-0.2, 0) is 6.54 Å². The molecule has 0 aliphatic rings. The van der Waals surface area contributed by atoms with E-state index in [1.165, 1.54) is 0 Å². The molecule has 19 heavy (non-hydrogen) atoms. The van der Waals surface area contributed by atoms with E-state index in [2.05, 4.69) is 70.1 Å². The smallest absolute Gasteiger partial charge is 0.243 e. The lowest BCUT2D eigenvalue weighted by molar-refractivity contribution is -0.692. The van der Waals surface area contributed by atoms with E-state index in [9.17, 15) is 0 Å². The molecule has 0 fully saturated rings. The summed E-state index contributed by atoms with van der Waals surface area (Å²) in [4.78, 5) is 4.14. The highest BCUT2D eigenvalue weighted by Gasteiger charge is 2.17. The Labute approximate surface area is 120 Å². The molecule has 2 aromatic heterocycles. The second-order valence-corrected chi connectivity index (χ2v) is 5.43. The second kappa shape index (κ2) is 6.80. The summed E-state index contributed by atoms with van der Waals surface area (Å²) in [6.45, 7) is 5.46. The van der Waals surface area contributed by atoms with Crippen molar-refractivity contribution in [1.29, 1.82) is 0 Å². The molecular formula is C14H23N4S+. The zero-order chi connectivity index (χ0) is 13.7. The van der Waals surface area contributed by atoms with Gasteiger partial charge < -0.3 is 4.57 Å². The molecule has 2 unspecified atom stereocenters. The van der Waals surface area contributed by atoms with Crippen LogP contribution in [0, 0.1) is 0 Å². The maximum absolute atomic E-state index is 4.26. The quantitative estimate of drug-likeness (QED) is 0.612. The Morgan fingerprint density at radius 1 is 1.32 bits per heavy atom. The van der Waals surface area contributed by atoms with Crippen LogP contribution in [0.4, 0.5) is 0 Å². The molecule has 2 aromatic rings. The molecular weight excluding hydrogens is 256 g/mol. The van der Waals surface area contributed by atoms with Crippen molar-refractivity contribution in [2.45, 2.75) is 45.3 Å². The van der Waals surface area contributed by atoms with Crippen molar-refractivity contribution in [3.8, 4) is 0 Å². The standard InChI is InChI=1S/C14H22N4S/c1-3-14(17-5-4-15-11-17)10-13(2)18-7-6-16(12-18)8-9-19/h4-7,11-14H,3,8-10H2,1-2H3/p+1. The molecule has 2 rings (SSSR count). The van der Waals surface area contributed by atoms with Gasteiger partial charge in [0.1, 0.15) is 12.4 Å². The third-order valence-corrected chi connectivity index (χ3v) is 3.81. The molecule has 4 nitrogen and oxygen atoms in total. The Balaban J connectivity index is 2.00. The van der Waals surface area contributed by atoms with Crippen LogP contribution < -0.4 is 4.57 Å². The second-order valence-electron chi connectivity index (χ2n) is 4.98. The molecule has 5 heteroatoms.